The van der Waals surface area contributed by atoms with Gasteiger partial charge in [0.15, 0.2) is 8.07 Å². The molecule has 1 spiro atoms. The van der Waals surface area contributed by atoms with Gasteiger partial charge in [-0.1, -0.05) is 60.7 Å². The third-order valence-corrected chi connectivity index (χ3v) is 10.9. The van der Waals surface area contributed by atoms with Crippen molar-refractivity contribution < 1.29 is 0 Å². The number of hydrogen-bond acceptors (Lipinski definition) is 2. The molecule has 0 unspecified atom stereocenters. The fourth-order valence-corrected chi connectivity index (χ4v) is 10.7. The minimum absolute atomic E-state index is 1.08. The van der Waals surface area contributed by atoms with Gasteiger partial charge in [-0.25, -0.2) is 0 Å². The van der Waals surface area contributed by atoms with Gasteiger partial charge in [-0.2, -0.15) is 0 Å². The number of fused-ring (bicyclic) bond motifs is 10. The van der Waals surface area contributed by atoms with Crippen molar-refractivity contribution in [2.45, 2.75) is 13.8 Å². The predicted octanol–water partition coefficient (Wildman–Crippen LogP) is 2.43. The van der Waals surface area contributed by atoms with Crippen molar-refractivity contribution in [1.29, 1.82) is 0 Å². The number of benzene rings is 2. The van der Waals surface area contributed by atoms with Crippen molar-refractivity contribution in [3.63, 3.8) is 0 Å². The van der Waals surface area contributed by atoms with Gasteiger partial charge in [0.25, 0.3) is 0 Å². The Labute approximate surface area is 159 Å². The second-order valence-corrected chi connectivity index (χ2v) is 11.3. The molecule has 4 aromatic rings. The summed E-state index contributed by atoms with van der Waals surface area (Å²) < 4.78 is 0. The van der Waals surface area contributed by atoms with Crippen LogP contribution < -0.4 is 20.7 Å². The second kappa shape index (κ2) is 5.02. The lowest BCUT2D eigenvalue weighted by molar-refractivity contribution is 1.23. The van der Waals surface area contributed by atoms with Gasteiger partial charge in [-0.3, -0.25) is 9.97 Å². The van der Waals surface area contributed by atoms with Crippen LogP contribution in [0.5, 0.6) is 0 Å². The molecule has 0 bridgehead atoms. The van der Waals surface area contributed by atoms with Gasteiger partial charge in [-0.05, 0) is 56.8 Å². The van der Waals surface area contributed by atoms with E-state index in [4.69, 9.17) is 9.97 Å². The zero-order valence-electron chi connectivity index (χ0n) is 15.3. The highest BCUT2D eigenvalue weighted by Crippen LogP contribution is 2.34. The van der Waals surface area contributed by atoms with Crippen LogP contribution in [0.25, 0.3) is 22.5 Å². The topological polar surface area (TPSA) is 25.8 Å². The predicted molar refractivity (Wildman–Crippen MR) is 113 cm³/mol. The summed E-state index contributed by atoms with van der Waals surface area (Å²) in [5.74, 6) is 0. The van der Waals surface area contributed by atoms with Gasteiger partial charge in [0.1, 0.15) is 0 Å². The maximum absolute atomic E-state index is 4.87. The van der Waals surface area contributed by atoms with Crippen LogP contribution in [0.2, 0.25) is 0 Å². The molecule has 0 saturated heterocycles. The summed E-state index contributed by atoms with van der Waals surface area (Å²) in [7, 11) is -2.34. The third kappa shape index (κ3) is 1.70. The highest BCUT2D eigenvalue weighted by atomic mass is 28.3. The van der Waals surface area contributed by atoms with E-state index >= 15 is 0 Å². The standard InChI is InChI=1S/C24H18N2Si/c1-15-11-21-23(25-13-15)24-22(12-16(2)14-26-24)27(21)19-9-5-3-7-17(19)18-8-4-6-10-20(18)27/h3-14H,1-2H3. The third-order valence-electron chi connectivity index (χ3n) is 6.03. The van der Waals surface area contributed by atoms with Crippen molar-refractivity contribution in [3.8, 4) is 22.5 Å². The Hall–Kier alpha value is -3.04. The van der Waals surface area contributed by atoms with Gasteiger partial charge in [0.05, 0.1) is 11.4 Å². The van der Waals surface area contributed by atoms with Crippen LogP contribution in [0, 0.1) is 13.8 Å². The molecule has 0 aliphatic carbocycles. The van der Waals surface area contributed by atoms with Gasteiger partial charge >= 0.3 is 0 Å². The summed E-state index contributed by atoms with van der Waals surface area (Å²) in [6.07, 6.45) is 3.95. The molecular weight excluding hydrogens is 344 g/mol. The van der Waals surface area contributed by atoms with Gasteiger partial charge in [-0.15, -0.1) is 0 Å². The molecule has 0 amide bonds. The van der Waals surface area contributed by atoms with Crippen LogP contribution in [0.1, 0.15) is 11.1 Å². The lowest BCUT2D eigenvalue weighted by Crippen LogP contribution is -2.70. The summed E-state index contributed by atoms with van der Waals surface area (Å²) in [4.78, 5) is 9.73. The normalized spacial score (nSPS) is 14.6. The highest BCUT2D eigenvalue weighted by Gasteiger charge is 2.55. The zero-order valence-corrected chi connectivity index (χ0v) is 16.3. The molecule has 2 aromatic carbocycles. The van der Waals surface area contributed by atoms with E-state index in [1.807, 2.05) is 12.4 Å². The average molecular weight is 363 g/mol. The van der Waals surface area contributed by atoms with E-state index in [0.29, 0.717) is 0 Å². The Balaban J connectivity index is 1.88. The number of aromatic nitrogens is 2. The monoisotopic (exact) mass is 362 g/mol. The maximum Gasteiger partial charge on any atom is 0.185 e. The summed E-state index contributed by atoms with van der Waals surface area (Å²) in [6.45, 7) is 4.29. The van der Waals surface area contributed by atoms with Gasteiger partial charge in [0.2, 0.25) is 0 Å². The summed E-state index contributed by atoms with van der Waals surface area (Å²) >= 11 is 0. The molecule has 0 N–H and O–H groups in total. The van der Waals surface area contributed by atoms with Crippen molar-refractivity contribution in [1.82, 2.24) is 9.97 Å². The molecule has 4 heterocycles. The zero-order chi connectivity index (χ0) is 18.2. The maximum atomic E-state index is 4.87. The molecule has 6 rings (SSSR count). The first-order chi connectivity index (χ1) is 13.2. The van der Waals surface area contributed by atoms with Gasteiger partial charge < -0.3 is 0 Å². The number of nitrogens with zero attached hydrogens (tertiary/aromatic N) is 2. The number of rotatable bonds is 0. The van der Waals surface area contributed by atoms with E-state index in [2.05, 4.69) is 74.5 Å². The van der Waals surface area contributed by atoms with Crippen molar-refractivity contribution >= 4 is 28.8 Å². The minimum Gasteiger partial charge on any atom is -0.254 e. The first-order valence-electron chi connectivity index (χ1n) is 9.35. The van der Waals surface area contributed by atoms with Crippen LogP contribution in [-0.2, 0) is 0 Å². The Morgan fingerprint density at radius 1 is 0.593 bits per heavy atom. The van der Waals surface area contributed by atoms with Crippen LogP contribution in [0.4, 0.5) is 0 Å². The summed E-state index contributed by atoms with van der Waals surface area (Å²) in [5.41, 5.74) is 7.34. The fourth-order valence-electron chi connectivity index (χ4n) is 5.05. The smallest absolute Gasteiger partial charge is 0.185 e. The molecule has 0 radical (unpaired) electrons. The molecule has 2 aromatic heterocycles. The van der Waals surface area contributed by atoms with Crippen molar-refractivity contribution in [2.24, 2.45) is 0 Å². The van der Waals surface area contributed by atoms with Gasteiger partial charge in [0, 0.05) is 12.4 Å². The lowest BCUT2D eigenvalue weighted by Gasteiger charge is -2.27. The van der Waals surface area contributed by atoms with E-state index < -0.39 is 8.07 Å². The molecule has 2 nitrogen and oxygen atoms in total. The molecule has 2 aliphatic rings. The first-order valence-corrected chi connectivity index (χ1v) is 11.4. The summed E-state index contributed by atoms with van der Waals surface area (Å²) in [6, 6.07) is 22.6. The van der Waals surface area contributed by atoms with E-state index in [9.17, 15) is 0 Å². The Bertz CT molecular complexity index is 1160. The Kier molecular flexibility index (Phi) is 2.80. The minimum atomic E-state index is -2.34. The second-order valence-electron chi connectivity index (χ2n) is 7.66. The largest absolute Gasteiger partial charge is 0.254 e. The van der Waals surface area contributed by atoms with E-state index in [1.165, 1.54) is 43.0 Å². The summed E-state index contributed by atoms with van der Waals surface area (Å²) in [5, 5.41) is 5.75. The molecule has 0 fully saturated rings. The average Bonchev–Trinajstić information content (AvgIpc) is 3.14. The molecular formula is C24H18N2Si. The molecule has 0 saturated carbocycles. The lowest BCUT2D eigenvalue weighted by atomic mass is 10.1. The van der Waals surface area contributed by atoms with Crippen molar-refractivity contribution in [3.05, 3.63) is 84.2 Å². The van der Waals surface area contributed by atoms with E-state index in [1.54, 1.807) is 0 Å². The van der Waals surface area contributed by atoms with E-state index in [-0.39, 0.29) is 0 Å². The molecule has 0 atom stereocenters. The number of aryl methyl sites for hydroxylation is 2. The Morgan fingerprint density at radius 2 is 1.04 bits per heavy atom. The van der Waals surface area contributed by atoms with Crippen LogP contribution in [-0.4, -0.2) is 18.0 Å². The Morgan fingerprint density at radius 3 is 1.52 bits per heavy atom. The molecule has 2 aliphatic heterocycles. The quantitative estimate of drug-likeness (QED) is 0.388. The van der Waals surface area contributed by atoms with Crippen LogP contribution in [0.15, 0.2) is 73.1 Å². The fraction of sp³-hybridized carbons (Fsp3) is 0.0833. The first kappa shape index (κ1) is 15.1. The highest BCUT2D eigenvalue weighted by molar-refractivity contribution is 7.24. The number of pyridine rings is 2. The molecule has 3 heteroatoms. The van der Waals surface area contributed by atoms with Crippen molar-refractivity contribution in [2.75, 3.05) is 0 Å². The van der Waals surface area contributed by atoms with Crippen LogP contribution in [0.3, 0.4) is 0 Å². The number of hydrogen-bond donors (Lipinski definition) is 0. The molecule has 128 valence electrons. The SMILES string of the molecule is Cc1cnc2c(c1)[Si]1(c3ccccc3-c3ccccc31)c1cc(C)cnc1-2. The molecule has 27 heavy (non-hydrogen) atoms. The van der Waals surface area contributed by atoms with E-state index in [0.717, 1.165) is 11.4 Å². The van der Waals surface area contributed by atoms with Crippen LogP contribution >= 0.6 is 0 Å².